The molecular weight excluding hydrogens is 242 g/mol. The molecule has 1 aliphatic rings. The maximum atomic E-state index is 12.1. The number of hydrogen-bond acceptors (Lipinski definition) is 3. The molecule has 0 spiro atoms. The smallest absolute Gasteiger partial charge is 0.414 e. The van der Waals surface area contributed by atoms with Crippen molar-refractivity contribution in [3.63, 3.8) is 0 Å². The molecule has 4 heteroatoms. The van der Waals surface area contributed by atoms with Crippen LogP contribution in [-0.2, 0) is 4.74 Å². The molecule has 0 fully saturated rings. The number of fused-ring (bicyclic) bond motifs is 1. The standard InChI is InChI=1S/C15H19NO3/c1-15(2,3)19-14(17)16(4)12-9-10-18-13-8-6-5-7-11(12)13/h5-9H,10H2,1-4H3. The van der Waals surface area contributed by atoms with Crippen molar-refractivity contribution in [2.24, 2.45) is 0 Å². The van der Waals surface area contributed by atoms with E-state index in [9.17, 15) is 4.79 Å². The largest absolute Gasteiger partial charge is 0.489 e. The third-order valence-corrected chi connectivity index (χ3v) is 2.71. The van der Waals surface area contributed by atoms with Gasteiger partial charge in [0, 0.05) is 12.6 Å². The molecule has 0 radical (unpaired) electrons. The van der Waals surface area contributed by atoms with Gasteiger partial charge in [0.05, 0.1) is 5.70 Å². The second-order valence-corrected chi connectivity index (χ2v) is 5.44. The highest BCUT2D eigenvalue weighted by Crippen LogP contribution is 2.31. The van der Waals surface area contributed by atoms with Gasteiger partial charge in [-0.2, -0.15) is 0 Å². The van der Waals surface area contributed by atoms with Crippen LogP contribution in [0.4, 0.5) is 4.79 Å². The Kier molecular flexibility index (Phi) is 3.51. The summed E-state index contributed by atoms with van der Waals surface area (Å²) in [7, 11) is 1.71. The number of hydrogen-bond donors (Lipinski definition) is 0. The summed E-state index contributed by atoms with van der Waals surface area (Å²) in [5.74, 6) is 0.787. The topological polar surface area (TPSA) is 38.8 Å². The van der Waals surface area contributed by atoms with Crippen LogP contribution in [0, 0.1) is 0 Å². The van der Waals surface area contributed by atoms with Crippen molar-refractivity contribution >= 4 is 11.8 Å². The van der Waals surface area contributed by atoms with E-state index in [2.05, 4.69) is 0 Å². The number of benzene rings is 1. The van der Waals surface area contributed by atoms with Gasteiger partial charge < -0.3 is 9.47 Å². The van der Waals surface area contributed by atoms with E-state index in [1.165, 1.54) is 4.90 Å². The van der Waals surface area contributed by atoms with Gasteiger partial charge in [0.25, 0.3) is 0 Å². The van der Waals surface area contributed by atoms with Crippen molar-refractivity contribution in [3.05, 3.63) is 35.9 Å². The van der Waals surface area contributed by atoms with Crippen LogP contribution in [0.15, 0.2) is 30.3 Å². The van der Waals surface area contributed by atoms with Crippen LogP contribution < -0.4 is 4.74 Å². The molecule has 102 valence electrons. The zero-order valence-corrected chi connectivity index (χ0v) is 11.8. The molecule has 1 aliphatic heterocycles. The Morgan fingerprint density at radius 3 is 2.68 bits per heavy atom. The SMILES string of the molecule is CN(C(=O)OC(C)(C)C)C1=CCOc2ccccc21. The maximum Gasteiger partial charge on any atom is 0.414 e. The number of carbonyl (C=O) groups excluding carboxylic acids is 1. The Morgan fingerprint density at radius 2 is 2.00 bits per heavy atom. The maximum absolute atomic E-state index is 12.1. The Balaban J connectivity index is 2.23. The Labute approximate surface area is 113 Å². The van der Waals surface area contributed by atoms with Gasteiger partial charge in [-0.1, -0.05) is 12.1 Å². The van der Waals surface area contributed by atoms with Crippen molar-refractivity contribution in [2.45, 2.75) is 26.4 Å². The summed E-state index contributed by atoms with van der Waals surface area (Å²) in [5.41, 5.74) is 1.22. The van der Waals surface area contributed by atoms with Crippen LogP contribution >= 0.6 is 0 Å². The Morgan fingerprint density at radius 1 is 1.32 bits per heavy atom. The minimum Gasteiger partial charge on any atom is -0.489 e. The van der Waals surface area contributed by atoms with Crippen molar-refractivity contribution in [2.75, 3.05) is 13.7 Å². The zero-order valence-electron chi connectivity index (χ0n) is 11.8. The summed E-state index contributed by atoms with van der Waals surface area (Å²) >= 11 is 0. The highest BCUT2D eigenvalue weighted by Gasteiger charge is 2.25. The lowest BCUT2D eigenvalue weighted by molar-refractivity contribution is 0.0386. The van der Waals surface area contributed by atoms with Crippen LogP contribution in [0.2, 0.25) is 0 Å². The lowest BCUT2D eigenvalue weighted by atomic mass is 10.1. The number of ether oxygens (including phenoxy) is 2. The molecule has 19 heavy (non-hydrogen) atoms. The van der Waals surface area contributed by atoms with Crippen molar-refractivity contribution in [1.82, 2.24) is 4.90 Å². The lowest BCUT2D eigenvalue weighted by Crippen LogP contribution is -2.34. The number of amides is 1. The van der Waals surface area contributed by atoms with Crippen molar-refractivity contribution < 1.29 is 14.3 Å². The van der Waals surface area contributed by atoms with Crippen LogP contribution in [0.1, 0.15) is 26.3 Å². The van der Waals surface area contributed by atoms with Gasteiger partial charge in [-0.05, 0) is 39.0 Å². The minimum atomic E-state index is -0.503. The number of rotatable bonds is 1. The average molecular weight is 261 g/mol. The second-order valence-electron chi connectivity index (χ2n) is 5.44. The van der Waals surface area contributed by atoms with E-state index in [4.69, 9.17) is 9.47 Å². The molecule has 0 saturated carbocycles. The van der Waals surface area contributed by atoms with Crippen LogP contribution in [0.25, 0.3) is 5.70 Å². The van der Waals surface area contributed by atoms with E-state index in [1.54, 1.807) is 7.05 Å². The van der Waals surface area contributed by atoms with E-state index in [1.807, 2.05) is 51.1 Å². The van der Waals surface area contributed by atoms with Gasteiger partial charge in [0.2, 0.25) is 0 Å². The van der Waals surface area contributed by atoms with Crippen LogP contribution in [0.5, 0.6) is 5.75 Å². The average Bonchev–Trinajstić information content (AvgIpc) is 2.35. The van der Waals surface area contributed by atoms with Gasteiger partial charge >= 0.3 is 6.09 Å². The fourth-order valence-corrected chi connectivity index (χ4v) is 1.87. The summed E-state index contributed by atoms with van der Waals surface area (Å²) in [5, 5.41) is 0. The molecule has 0 aliphatic carbocycles. The van der Waals surface area contributed by atoms with Gasteiger partial charge in [-0.25, -0.2) is 4.79 Å². The first-order valence-electron chi connectivity index (χ1n) is 6.27. The molecule has 4 nitrogen and oxygen atoms in total. The van der Waals surface area contributed by atoms with E-state index in [0.717, 1.165) is 17.0 Å². The molecule has 0 atom stereocenters. The molecule has 1 aromatic carbocycles. The van der Waals surface area contributed by atoms with Crippen LogP contribution in [-0.4, -0.2) is 30.2 Å². The molecule has 1 aromatic rings. The fraction of sp³-hybridized carbons (Fsp3) is 0.400. The molecule has 1 heterocycles. The minimum absolute atomic E-state index is 0.365. The van der Waals surface area contributed by atoms with E-state index in [0.29, 0.717) is 6.61 Å². The zero-order chi connectivity index (χ0) is 14.0. The molecular formula is C15H19NO3. The summed E-state index contributed by atoms with van der Waals surface area (Å²) in [6.07, 6.45) is 1.52. The molecule has 0 aromatic heterocycles. The normalized spacial score (nSPS) is 14.0. The lowest BCUT2D eigenvalue weighted by Gasteiger charge is -2.28. The summed E-state index contributed by atoms with van der Waals surface area (Å²) < 4.78 is 10.9. The number of nitrogens with zero attached hydrogens (tertiary/aromatic N) is 1. The predicted molar refractivity (Wildman–Crippen MR) is 73.9 cm³/mol. The summed E-state index contributed by atoms with van der Waals surface area (Å²) in [6.45, 7) is 6.01. The first-order chi connectivity index (χ1) is 8.88. The molecule has 0 saturated heterocycles. The molecule has 0 unspecified atom stereocenters. The van der Waals surface area contributed by atoms with E-state index >= 15 is 0 Å². The van der Waals surface area contributed by atoms with Gasteiger partial charge in [0.1, 0.15) is 18.0 Å². The van der Waals surface area contributed by atoms with Crippen molar-refractivity contribution in [3.8, 4) is 5.75 Å². The van der Waals surface area contributed by atoms with Gasteiger partial charge in [-0.3, -0.25) is 4.90 Å². The van der Waals surface area contributed by atoms with Gasteiger partial charge in [0.15, 0.2) is 0 Å². The molecule has 2 rings (SSSR count). The third kappa shape index (κ3) is 3.08. The summed E-state index contributed by atoms with van der Waals surface area (Å²) in [4.78, 5) is 13.6. The molecule has 0 N–H and O–H groups in total. The van der Waals surface area contributed by atoms with Crippen molar-refractivity contribution in [1.29, 1.82) is 0 Å². The Hall–Kier alpha value is -1.97. The predicted octanol–water partition coefficient (Wildman–Crippen LogP) is 3.29. The first-order valence-corrected chi connectivity index (χ1v) is 6.27. The first kappa shape index (κ1) is 13.5. The highest BCUT2D eigenvalue weighted by atomic mass is 16.6. The quantitative estimate of drug-likeness (QED) is 0.778. The fourth-order valence-electron chi connectivity index (χ4n) is 1.87. The molecule has 0 bridgehead atoms. The number of para-hydroxylation sites is 1. The number of carbonyl (C=O) groups is 1. The molecule has 1 amide bonds. The van der Waals surface area contributed by atoms with Crippen LogP contribution in [0.3, 0.4) is 0 Å². The highest BCUT2D eigenvalue weighted by molar-refractivity contribution is 5.84. The van der Waals surface area contributed by atoms with E-state index in [-0.39, 0.29) is 6.09 Å². The summed E-state index contributed by atoms with van der Waals surface area (Å²) in [6, 6.07) is 7.66. The second kappa shape index (κ2) is 4.96. The van der Waals surface area contributed by atoms with E-state index < -0.39 is 5.60 Å². The Bertz CT molecular complexity index is 514. The van der Waals surface area contributed by atoms with Gasteiger partial charge in [-0.15, -0.1) is 0 Å². The third-order valence-electron chi connectivity index (χ3n) is 2.71. The monoisotopic (exact) mass is 261 g/mol.